The molecule has 3 N–H and O–H groups in total. The summed E-state index contributed by atoms with van der Waals surface area (Å²) < 4.78 is 0. The molecule has 2 aliphatic rings. The average molecular weight is 312 g/mol. The monoisotopic (exact) mass is 312 g/mol. The third kappa shape index (κ3) is 2.37. The predicted octanol–water partition coefficient (Wildman–Crippen LogP) is 3.12. The van der Waals surface area contributed by atoms with E-state index in [4.69, 9.17) is 0 Å². The van der Waals surface area contributed by atoms with Crippen LogP contribution in [0.1, 0.15) is 37.1 Å². The van der Waals surface area contributed by atoms with E-state index in [-0.39, 0.29) is 6.61 Å². The number of aromatic nitrogens is 1. The molecule has 2 aromatic rings. The Kier molecular flexibility index (Phi) is 3.66. The van der Waals surface area contributed by atoms with E-state index in [1.807, 2.05) is 12.1 Å². The molecule has 1 aromatic heterocycles. The maximum Gasteiger partial charge on any atom is 0.116 e. The van der Waals surface area contributed by atoms with Crippen LogP contribution >= 0.6 is 0 Å². The minimum absolute atomic E-state index is 0.252. The average Bonchev–Trinajstić information content (AvgIpc) is 2.93. The van der Waals surface area contributed by atoms with Gasteiger partial charge in [0, 0.05) is 36.3 Å². The van der Waals surface area contributed by atoms with Crippen molar-refractivity contribution < 1.29 is 10.2 Å². The van der Waals surface area contributed by atoms with Crippen molar-refractivity contribution in [1.29, 1.82) is 0 Å². The summed E-state index contributed by atoms with van der Waals surface area (Å²) >= 11 is 0. The van der Waals surface area contributed by atoms with Crippen molar-refractivity contribution >= 4 is 10.9 Å². The highest BCUT2D eigenvalue weighted by atomic mass is 16.3. The summed E-state index contributed by atoms with van der Waals surface area (Å²) in [6.45, 7) is 4.43. The minimum Gasteiger partial charge on any atom is -0.508 e. The zero-order valence-electron chi connectivity index (χ0n) is 13.5. The van der Waals surface area contributed by atoms with Gasteiger partial charge in [0.05, 0.1) is 6.04 Å². The van der Waals surface area contributed by atoms with Crippen LogP contribution in [0.4, 0.5) is 0 Å². The van der Waals surface area contributed by atoms with E-state index in [9.17, 15) is 10.2 Å². The third-order valence-electron chi connectivity index (χ3n) is 5.61. The van der Waals surface area contributed by atoms with Crippen LogP contribution < -0.4 is 0 Å². The Morgan fingerprint density at radius 1 is 1.39 bits per heavy atom. The van der Waals surface area contributed by atoms with Gasteiger partial charge >= 0.3 is 0 Å². The van der Waals surface area contributed by atoms with Crippen LogP contribution in [0.2, 0.25) is 0 Å². The lowest BCUT2D eigenvalue weighted by Crippen LogP contribution is -2.42. The molecule has 3 heterocycles. The fourth-order valence-electron chi connectivity index (χ4n) is 4.43. The summed E-state index contributed by atoms with van der Waals surface area (Å²) in [5, 5.41) is 20.4. The van der Waals surface area contributed by atoms with Crippen LogP contribution in [0, 0.1) is 5.92 Å². The molecule has 0 amide bonds. The van der Waals surface area contributed by atoms with Crippen molar-refractivity contribution in [2.24, 2.45) is 5.92 Å². The lowest BCUT2D eigenvalue weighted by atomic mass is 9.80. The molecule has 2 aliphatic heterocycles. The standard InChI is InChI=1S/C19H24N2O2/c1-2-12-11-21-7-5-15-16-10-14(23)3-4-17(16)20-19(15)18(21)9-13(12)6-8-22/h2-4,10,13,18,20,22-23H,5-9,11H2,1H3/b12-2-. The van der Waals surface area contributed by atoms with Gasteiger partial charge < -0.3 is 15.2 Å². The van der Waals surface area contributed by atoms with Crippen molar-refractivity contribution in [2.75, 3.05) is 19.7 Å². The maximum absolute atomic E-state index is 9.80. The van der Waals surface area contributed by atoms with Gasteiger partial charge in [0.1, 0.15) is 5.75 Å². The van der Waals surface area contributed by atoms with Crippen LogP contribution in [0.15, 0.2) is 29.8 Å². The van der Waals surface area contributed by atoms with E-state index in [1.54, 1.807) is 6.07 Å². The van der Waals surface area contributed by atoms with Gasteiger partial charge in [-0.1, -0.05) is 11.6 Å². The highest BCUT2D eigenvalue weighted by molar-refractivity contribution is 5.86. The first kappa shape index (κ1) is 14.8. The first-order valence-electron chi connectivity index (χ1n) is 8.54. The zero-order valence-corrected chi connectivity index (χ0v) is 13.5. The Morgan fingerprint density at radius 2 is 2.26 bits per heavy atom. The van der Waals surface area contributed by atoms with Crippen LogP contribution in [0.5, 0.6) is 5.75 Å². The number of nitrogens with zero attached hydrogens (tertiary/aromatic N) is 1. The topological polar surface area (TPSA) is 59.5 Å². The zero-order chi connectivity index (χ0) is 16.0. The number of aromatic hydroxyl groups is 1. The van der Waals surface area contributed by atoms with Crippen LogP contribution in [-0.4, -0.2) is 39.8 Å². The molecule has 4 rings (SSSR count). The number of piperidine rings is 1. The predicted molar refractivity (Wildman–Crippen MR) is 91.5 cm³/mol. The molecule has 0 saturated carbocycles. The number of hydrogen-bond donors (Lipinski definition) is 3. The molecule has 23 heavy (non-hydrogen) atoms. The van der Waals surface area contributed by atoms with Crippen LogP contribution in [0.3, 0.4) is 0 Å². The minimum atomic E-state index is 0.252. The second-order valence-electron chi connectivity index (χ2n) is 6.79. The Bertz CT molecular complexity index is 762. The number of rotatable bonds is 2. The molecule has 0 bridgehead atoms. The quantitative estimate of drug-likeness (QED) is 0.747. The van der Waals surface area contributed by atoms with E-state index in [0.29, 0.717) is 17.7 Å². The molecule has 1 saturated heterocycles. The molecular weight excluding hydrogens is 288 g/mol. The van der Waals surface area contributed by atoms with Crippen LogP contribution in [0.25, 0.3) is 10.9 Å². The SMILES string of the molecule is C/C=C1/CN2CCc3c([nH]c4ccc(O)cc34)C2CC1CCO. The Balaban J connectivity index is 1.75. The molecule has 122 valence electrons. The fraction of sp³-hybridized carbons (Fsp3) is 0.474. The lowest BCUT2D eigenvalue weighted by Gasteiger charge is -2.43. The molecule has 4 heteroatoms. The van der Waals surface area contributed by atoms with Gasteiger partial charge in [-0.05, 0) is 55.9 Å². The van der Waals surface area contributed by atoms with Crippen molar-refractivity contribution in [1.82, 2.24) is 9.88 Å². The van der Waals surface area contributed by atoms with Gasteiger partial charge in [-0.25, -0.2) is 0 Å². The molecular formula is C19H24N2O2. The number of aliphatic hydroxyl groups excluding tert-OH is 1. The van der Waals surface area contributed by atoms with Crippen molar-refractivity contribution in [3.8, 4) is 5.75 Å². The molecule has 2 unspecified atom stereocenters. The summed E-state index contributed by atoms with van der Waals surface area (Å²) in [7, 11) is 0. The molecule has 0 aliphatic carbocycles. The number of benzene rings is 1. The van der Waals surface area contributed by atoms with Gasteiger partial charge in [-0.15, -0.1) is 0 Å². The van der Waals surface area contributed by atoms with E-state index in [1.165, 1.54) is 16.8 Å². The summed E-state index contributed by atoms with van der Waals surface area (Å²) in [6.07, 6.45) is 5.17. The van der Waals surface area contributed by atoms with Crippen molar-refractivity contribution in [2.45, 2.75) is 32.2 Å². The number of hydrogen-bond acceptors (Lipinski definition) is 3. The third-order valence-corrected chi connectivity index (χ3v) is 5.61. The van der Waals surface area contributed by atoms with Crippen LogP contribution in [-0.2, 0) is 6.42 Å². The highest BCUT2D eigenvalue weighted by Gasteiger charge is 2.37. The van der Waals surface area contributed by atoms with E-state index in [2.05, 4.69) is 22.9 Å². The smallest absolute Gasteiger partial charge is 0.116 e. The second kappa shape index (κ2) is 5.69. The van der Waals surface area contributed by atoms with E-state index in [0.717, 1.165) is 43.3 Å². The fourth-order valence-corrected chi connectivity index (χ4v) is 4.43. The molecule has 1 fully saturated rings. The summed E-state index contributed by atoms with van der Waals surface area (Å²) in [5.74, 6) is 0.803. The first-order chi connectivity index (χ1) is 11.2. The first-order valence-corrected chi connectivity index (χ1v) is 8.54. The van der Waals surface area contributed by atoms with Gasteiger partial charge in [-0.2, -0.15) is 0 Å². The number of H-pyrrole nitrogens is 1. The number of aromatic amines is 1. The maximum atomic E-state index is 9.80. The summed E-state index contributed by atoms with van der Waals surface area (Å²) in [6, 6.07) is 5.99. The van der Waals surface area contributed by atoms with Gasteiger partial charge in [0.15, 0.2) is 0 Å². The summed E-state index contributed by atoms with van der Waals surface area (Å²) in [5.41, 5.74) is 5.26. The van der Waals surface area contributed by atoms with Crippen molar-refractivity contribution in [3.05, 3.63) is 41.1 Å². The van der Waals surface area contributed by atoms with E-state index < -0.39 is 0 Å². The number of phenols is 1. The number of nitrogens with one attached hydrogen (secondary N) is 1. The summed E-state index contributed by atoms with van der Waals surface area (Å²) in [4.78, 5) is 6.16. The number of aliphatic hydroxyl groups is 1. The molecule has 0 spiro atoms. The normalized spacial score (nSPS) is 26.4. The van der Waals surface area contributed by atoms with Gasteiger partial charge in [0.2, 0.25) is 0 Å². The Hall–Kier alpha value is -1.78. The molecule has 1 aromatic carbocycles. The molecule has 0 radical (unpaired) electrons. The second-order valence-corrected chi connectivity index (χ2v) is 6.79. The highest BCUT2D eigenvalue weighted by Crippen LogP contribution is 2.43. The van der Waals surface area contributed by atoms with Gasteiger partial charge in [-0.3, -0.25) is 4.90 Å². The Morgan fingerprint density at radius 3 is 3.04 bits per heavy atom. The van der Waals surface area contributed by atoms with Crippen molar-refractivity contribution in [3.63, 3.8) is 0 Å². The largest absolute Gasteiger partial charge is 0.508 e. The van der Waals surface area contributed by atoms with E-state index >= 15 is 0 Å². The number of allylic oxidation sites excluding steroid dienone is 1. The number of phenolic OH excluding ortho intramolecular Hbond substituents is 1. The Labute approximate surface area is 136 Å². The molecule has 4 nitrogen and oxygen atoms in total. The molecule has 2 atom stereocenters. The number of fused-ring (bicyclic) bond motifs is 5. The lowest BCUT2D eigenvalue weighted by molar-refractivity contribution is 0.126. The van der Waals surface area contributed by atoms with Gasteiger partial charge in [0.25, 0.3) is 0 Å².